The van der Waals surface area contributed by atoms with Gasteiger partial charge >= 0.3 is 0 Å². The minimum Gasteiger partial charge on any atom is -0.490 e. The van der Waals surface area contributed by atoms with Crippen molar-refractivity contribution in [2.75, 3.05) is 11.9 Å². The van der Waals surface area contributed by atoms with Crippen LogP contribution in [0.4, 0.5) is 5.82 Å². The largest absolute Gasteiger partial charge is 0.490 e. The molecule has 0 bridgehead atoms. The molecule has 2 aromatic rings. The molecule has 0 unspecified atom stereocenters. The van der Waals surface area contributed by atoms with Crippen LogP contribution in [-0.4, -0.2) is 11.6 Å². The maximum atomic E-state index is 8.74. The molecule has 19 heavy (non-hydrogen) atoms. The number of aromatic nitrogens is 1. The third kappa shape index (κ3) is 3.46. The monoisotopic (exact) mass is 253 g/mol. The van der Waals surface area contributed by atoms with Crippen molar-refractivity contribution in [3.8, 4) is 11.8 Å². The maximum absolute atomic E-state index is 8.74. The summed E-state index contributed by atoms with van der Waals surface area (Å²) in [6.45, 7) is 3.19. The Labute approximate surface area is 112 Å². The summed E-state index contributed by atoms with van der Waals surface area (Å²) in [5.74, 6) is 1.48. The van der Waals surface area contributed by atoms with E-state index in [9.17, 15) is 0 Å². The van der Waals surface area contributed by atoms with E-state index in [1.807, 2.05) is 31.2 Å². The summed E-state index contributed by atoms with van der Waals surface area (Å²) in [7, 11) is 0. The van der Waals surface area contributed by atoms with Gasteiger partial charge in [-0.1, -0.05) is 12.1 Å². The number of nitrogens with one attached hydrogen (secondary N) is 1. The Bertz CT molecular complexity index is 573. The molecular weight excluding hydrogens is 238 g/mol. The Kier molecular flexibility index (Phi) is 4.35. The fourth-order valence-corrected chi connectivity index (χ4v) is 1.68. The van der Waals surface area contributed by atoms with E-state index in [1.165, 1.54) is 0 Å². The molecule has 1 heterocycles. The van der Waals surface area contributed by atoms with Crippen molar-refractivity contribution < 1.29 is 4.74 Å². The molecule has 0 amide bonds. The van der Waals surface area contributed by atoms with Gasteiger partial charge in [-0.2, -0.15) is 5.26 Å². The van der Waals surface area contributed by atoms with Crippen molar-refractivity contribution in [1.29, 1.82) is 5.26 Å². The first kappa shape index (κ1) is 12.9. The number of nitrogens with zero attached hydrogens (tertiary/aromatic N) is 2. The molecule has 0 saturated heterocycles. The molecule has 0 atom stereocenters. The van der Waals surface area contributed by atoms with Gasteiger partial charge in [-0.25, -0.2) is 4.98 Å². The SMILES string of the molecule is CCOc1cccnc1NCc1ccc(C#N)cc1. The zero-order valence-electron chi connectivity index (χ0n) is 10.8. The zero-order valence-corrected chi connectivity index (χ0v) is 10.8. The molecule has 96 valence electrons. The molecule has 0 fully saturated rings. The van der Waals surface area contributed by atoms with Crippen LogP contribution in [0.2, 0.25) is 0 Å². The topological polar surface area (TPSA) is 57.9 Å². The van der Waals surface area contributed by atoms with Gasteiger partial charge in [-0.15, -0.1) is 0 Å². The number of hydrogen-bond donors (Lipinski definition) is 1. The number of pyridine rings is 1. The van der Waals surface area contributed by atoms with Crippen LogP contribution >= 0.6 is 0 Å². The lowest BCUT2D eigenvalue weighted by Gasteiger charge is -2.10. The molecule has 0 aliphatic heterocycles. The lowest BCUT2D eigenvalue weighted by Crippen LogP contribution is -2.04. The summed E-state index contributed by atoms with van der Waals surface area (Å²) in [6, 6.07) is 13.3. The summed E-state index contributed by atoms with van der Waals surface area (Å²) in [5, 5.41) is 12.0. The van der Waals surface area contributed by atoms with Crippen LogP contribution in [0.3, 0.4) is 0 Å². The fourth-order valence-electron chi connectivity index (χ4n) is 1.68. The molecular formula is C15H15N3O. The average molecular weight is 253 g/mol. The number of nitriles is 1. The first-order chi connectivity index (χ1) is 9.33. The lowest BCUT2D eigenvalue weighted by molar-refractivity contribution is 0.340. The summed E-state index contributed by atoms with van der Waals surface area (Å²) in [5.41, 5.74) is 1.75. The van der Waals surface area contributed by atoms with Crippen LogP contribution in [0.1, 0.15) is 18.1 Å². The number of hydrogen-bond acceptors (Lipinski definition) is 4. The Morgan fingerprint density at radius 2 is 2.05 bits per heavy atom. The van der Waals surface area contributed by atoms with Gasteiger partial charge in [-0.3, -0.25) is 0 Å². The van der Waals surface area contributed by atoms with Gasteiger partial charge in [0.1, 0.15) is 0 Å². The van der Waals surface area contributed by atoms with Gasteiger partial charge in [0.15, 0.2) is 11.6 Å². The van der Waals surface area contributed by atoms with E-state index in [0.29, 0.717) is 18.7 Å². The molecule has 1 N–H and O–H groups in total. The van der Waals surface area contributed by atoms with Gasteiger partial charge in [0, 0.05) is 12.7 Å². The minimum atomic E-state index is 0.608. The maximum Gasteiger partial charge on any atom is 0.169 e. The first-order valence-corrected chi connectivity index (χ1v) is 6.14. The van der Waals surface area contributed by atoms with Gasteiger partial charge in [-0.05, 0) is 36.8 Å². The van der Waals surface area contributed by atoms with Crippen molar-refractivity contribution in [2.45, 2.75) is 13.5 Å². The van der Waals surface area contributed by atoms with Gasteiger partial charge in [0.05, 0.1) is 18.2 Å². The minimum absolute atomic E-state index is 0.608. The Balaban J connectivity index is 2.03. The highest BCUT2D eigenvalue weighted by Gasteiger charge is 2.03. The summed E-state index contributed by atoms with van der Waals surface area (Å²) in [6.07, 6.45) is 1.73. The van der Waals surface area contributed by atoms with E-state index >= 15 is 0 Å². The van der Waals surface area contributed by atoms with Crippen molar-refractivity contribution in [3.05, 3.63) is 53.7 Å². The predicted octanol–water partition coefficient (Wildman–Crippen LogP) is 2.96. The van der Waals surface area contributed by atoms with E-state index in [1.54, 1.807) is 18.3 Å². The van der Waals surface area contributed by atoms with Crippen LogP contribution < -0.4 is 10.1 Å². The van der Waals surface area contributed by atoms with E-state index in [-0.39, 0.29) is 0 Å². The molecule has 0 saturated carbocycles. The van der Waals surface area contributed by atoms with Gasteiger partial charge in [0.2, 0.25) is 0 Å². The molecule has 1 aromatic heterocycles. The second kappa shape index (κ2) is 6.41. The van der Waals surface area contributed by atoms with Gasteiger partial charge in [0.25, 0.3) is 0 Å². The Hall–Kier alpha value is -2.54. The highest BCUT2D eigenvalue weighted by molar-refractivity contribution is 5.49. The second-order valence-electron chi connectivity index (χ2n) is 3.95. The predicted molar refractivity (Wildman–Crippen MR) is 73.9 cm³/mol. The zero-order chi connectivity index (χ0) is 13.5. The van der Waals surface area contributed by atoms with E-state index in [4.69, 9.17) is 10.00 Å². The van der Waals surface area contributed by atoms with Crippen molar-refractivity contribution in [1.82, 2.24) is 4.98 Å². The molecule has 2 rings (SSSR count). The van der Waals surface area contributed by atoms with E-state index in [0.717, 1.165) is 17.1 Å². The molecule has 1 aromatic carbocycles. The summed E-state index contributed by atoms with van der Waals surface area (Å²) >= 11 is 0. The fraction of sp³-hybridized carbons (Fsp3) is 0.200. The highest BCUT2D eigenvalue weighted by atomic mass is 16.5. The van der Waals surface area contributed by atoms with Crippen LogP contribution in [0.5, 0.6) is 5.75 Å². The molecule has 0 aliphatic carbocycles. The Morgan fingerprint density at radius 1 is 1.26 bits per heavy atom. The molecule has 0 radical (unpaired) electrons. The third-order valence-corrected chi connectivity index (χ3v) is 2.61. The summed E-state index contributed by atoms with van der Waals surface area (Å²) in [4.78, 5) is 4.26. The molecule has 4 nitrogen and oxygen atoms in total. The highest BCUT2D eigenvalue weighted by Crippen LogP contribution is 2.21. The number of ether oxygens (including phenoxy) is 1. The molecule has 0 spiro atoms. The van der Waals surface area contributed by atoms with Crippen LogP contribution in [0.15, 0.2) is 42.6 Å². The number of benzene rings is 1. The molecule has 4 heteroatoms. The van der Waals surface area contributed by atoms with Crippen molar-refractivity contribution in [2.24, 2.45) is 0 Å². The number of rotatable bonds is 5. The third-order valence-electron chi connectivity index (χ3n) is 2.61. The lowest BCUT2D eigenvalue weighted by atomic mass is 10.1. The number of anilines is 1. The standard InChI is InChI=1S/C15H15N3O/c1-2-19-14-4-3-9-17-15(14)18-11-13-7-5-12(10-16)6-8-13/h3-9H,2,11H2,1H3,(H,17,18). The van der Waals surface area contributed by atoms with Crippen molar-refractivity contribution >= 4 is 5.82 Å². The van der Waals surface area contributed by atoms with Crippen molar-refractivity contribution in [3.63, 3.8) is 0 Å². The molecule has 0 aliphatic rings. The van der Waals surface area contributed by atoms with Crippen LogP contribution in [-0.2, 0) is 6.54 Å². The first-order valence-electron chi connectivity index (χ1n) is 6.14. The van der Waals surface area contributed by atoms with E-state index < -0.39 is 0 Å². The van der Waals surface area contributed by atoms with E-state index in [2.05, 4.69) is 16.4 Å². The second-order valence-corrected chi connectivity index (χ2v) is 3.95. The van der Waals surface area contributed by atoms with Gasteiger partial charge < -0.3 is 10.1 Å². The average Bonchev–Trinajstić information content (AvgIpc) is 2.47. The van der Waals surface area contributed by atoms with Crippen LogP contribution in [0, 0.1) is 11.3 Å². The normalized spacial score (nSPS) is 9.68. The quantitative estimate of drug-likeness (QED) is 0.890. The smallest absolute Gasteiger partial charge is 0.169 e. The Morgan fingerprint density at radius 3 is 2.74 bits per heavy atom. The summed E-state index contributed by atoms with van der Waals surface area (Å²) < 4.78 is 5.49. The van der Waals surface area contributed by atoms with Crippen LogP contribution in [0.25, 0.3) is 0 Å².